The van der Waals surface area contributed by atoms with E-state index < -0.39 is 12.1 Å². The second-order valence-corrected chi connectivity index (χ2v) is 7.29. The first-order valence-electron chi connectivity index (χ1n) is 9.23. The molecule has 2 fully saturated rings. The Balaban J connectivity index is 0.000000370. The molecule has 3 heterocycles. The SMILES string of the molecule is CNC(=O)CC1COC2(CCN(c3ncc(C)cn3)CC2)C1.O=C(O)C(F)(F)F. The molecule has 162 valence electrons. The summed E-state index contributed by atoms with van der Waals surface area (Å²) in [5.41, 5.74) is 1.04. The van der Waals surface area contributed by atoms with Gasteiger partial charge < -0.3 is 20.1 Å². The van der Waals surface area contributed by atoms with Gasteiger partial charge in [0, 0.05) is 39.0 Å². The maximum absolute atomic E-state index is 11.5. The molecule has 3 rings (SSSR count). The van der Waals surface area contributed by atoms with Crippen LogP contribution in [0.1, 0.15) is 31.2 Å². The summed E-state index contributed by atoms with van der Waals surface area (Å²) < 4.78 is 37.8. The fourth-order valence-electron chi connectivity index (χ4n) is 3.45. The number of hydrogen-bond donors (Lipinski definition) is 2. The number of carboxylic acid groups (broad SMARTS) is 1. The van der Waals surface area contributed by atoms with Crippen LogP contribution in [0, 0.1) is 12.8 Å². The summed E-state index contributed by atoms with van der Waals surface area (Å²) in [5.74, 6) is -1.49. The van der Waals surface area contributed by atoms with Crippen molar-refractivity contribution in [3.63, 3.8) is 0 Å². The number of anilines is 1. The molecule has 29 heavy (non-hydrogen) atoms. The molecule has 2 aliphatic heterocycles. The Morgan fingerprint density at radius 1 is 1.31 bits per heavy atom. The Morgan fingerprint density at radius 2 is 1.86 bits per heavy atom. The zero-order valence-corrected chi connectivity index (χ0v) is 16.3. The lowest BCUT2D eigenvalue weighted by Gasteiger charge is -2.38. The van der Waals surface area contributed by atoms with Gasteiger partial charge in [-0.2, -0.15) is 13.2 Å². The summed E-state index contributed by atoms with van der Waals surface area (Å²) in [6, 6.07) is 0. The molecule has 2 aliphatic rings. The molecule has 1 spiro atoms. The molecule has 1 aromatic heterocycles. The van der Waals surface area contributed by atoms with Crippen molar-refractivity contribution in [2.45, 2.75) is 44.4 Å². The molecular weight excluding hydrogens is 393 g/mol. The maximum Gasteiger partial charge on any atom is 0.490 e. The first kappa shape index (κ1) is 22.9. The Labute approximate surface area is 166 Å². The molecule has 0 radical (unpaired) electrons. The molecule has 0 aromatic carbocycles. The summed E-state index contributed by atoms with van der Waals surface area (Å²) in [6.07, 6.45) is 2.16. The van der Waals surface area contributed by atoms with Crippen LogP contribution < -0.4 is 10.2 Å². The maximum atomic E-state index is 11.5. The quantitative estimate of drug-likeness (QED) is 0.773. The van der Waals surface area contributed by atoms with Gasteiger partial charge in [0.2, 0.25) is 11.9 Å². The number of carboxylic acids is 1. The van der Waals surface area contributed by atoms with E-state index in [1.165, 1.54) is 0 Å². The Morgan fingerprint density at radius 3 is 2.34 bits per heavy atom. The number of alkyl halides is 3. The lowest BCUT2D eigenvalue weighted by molar-refractivity contribution is -0.192. The third-order valence-corrected chi connectivity index (χ3v) is 5.01. The van der Waals surface area contributed by atoms with Gasteiger partial charge in [0.15, 0.2) is 0 Å². The highest BCUT2D eigenvalue weighted by molar-refractivity contribution is 5.75. The predicted octanol–water partition coefficient (Wildman–Crippen LogP) is 1.93. The van der Waals surface area contributed by atoms with Gasteiger partial charge in [-0.1, -0.05) is 0 Å². The van der Waals surface area contributed by atoms with E-state index in [4.69, 9.17) is 14.6 Å². The van der Waals surface area contributed by atoms with Crippen LogP contribution in [0.15, 0.2) is 12.4 Å². The number of amides is 1. The first-order chi connectivity index (χ1) is 13.5. The van der Waals surface area contributed by atoms with E-state index in [0.29, 0.717) is 18.9 Å². The van der Waals surface area contributed by atoms with Gasteiger partial charge in [0.1, 0.15) is 0 Å². The molecule has 8 nitrogen and oxygen atoms in total. The lowest BCUT2D eigenvalue weighted by Crippen LogP contribution is -2.44. The largest absolute Gasteiger partial charge is 0.490 e. The summed E-state index contributed by atoms with van der Waals surface area (Å²) in [5, 5.41) is 9.82. The van der Waals surface area contributed by atoms with Crippen molar-refractivity contribution in [2.24, 2.45) is 5.92 Å². The van der Waals surface area contributed by atoms with Crippen molar-refractivity contribution in [3.05, 3.63) is 18.0 Å². The zero-order chi connectivity index (χ0) is 21.7. The van der Waals surface area contributed by atoms with Crippen molar-refractivity contribution >= 4 is 17.8 Å². The molecule has 0 bridgehead atoms. The first-order valence-corrected chi connectivity index (χ1v) is 9.23. The lowest BCUT2D eigenvalue weighted by atomic mass is 9.84. The van der Waals surface area contributed by atoms with Gasteiger partial charge in [-0.15, -0.1) is 0 Å². The third kappa shape index (κ3) is 6.55. The fraction of sp³-hybridized carbons (Fsp3) is 0.667. The van der Waals surface area contributed by atoms with Crippen LogP contribution in [-0.4, -0.2) is 65.5 Å². The van der Waals surface area contributed by atoms with Gasteiger partial charge in [-0.05, 0) is 37.7 Å². The van der Waals surface area contributed by atoms with E-state index in [0.717, 1.165) is 43.9 Å². The van der Waals surface area contributed by atoms with Crippen LogP contribution in [0.3, 0.4) is 0 Å². The van der Waals surface area contributed by atoms with E-state index in [1.54, 1.807) is 7.05 Å². The molecule has 1 aromatic rings. The molecule has 2 saturated heterocycles. The van der Waals surface area contributed by atoms with Crippen molar-refractivity contribution in [3.8, 4) is 0 Å². The minimum Gasteiger partial charge on any atom is -0.475 e. The number of rotatable bonds is 3. The second-order valence-electron chi connectivity index (χ2n) is 7.29. The van der Waals surface area contributed by atoms with Crippen LogP contribution >= 0.6 is 0 Å². The number of nitrogens with zero attached hydrogens (tertiary/aromatic N) is 3. The number of aryl methyl sites for hydroxylation is 1. The van der Waals surface area contributed by atoms with Gasteiger partial charge in [0.05, 0.1) is 12.2 Å². The number of nitrogens with one attached hydrogen (secondary N) is 1. The van der Waals surface area contributed by atoms with Crippen molar-refractivity contribution in [2.75, 3.05) is 31.6 Å². The molecule has 11 heteroatoms. The van der Waals surface area contributed by atoms with Gasteiger partial charge in [-0.3, -0.25) is 4.79 Å². The molecule has 0 saturated carbocycles. The molecule has 1 atom stereocenters. The van der Waals surface area contributed by atoms with Crippen LogP contribution in [0.4, 0.5) is 19.1 Å². The number of halogens is 3. The standard InChI is InChI=1S/C16H24N4O2.C2HF3O2/c1-12-9-18-15(19-10-12)20-5-3-16(4-6-20)8-13(11-22-16)7-14(21)17-2;3-2(4,5)1(6)7/h9-10,13H,3-8,11H2,1-2H3,(H,17,21);(H,6,7). The van der Waals surface area contributed by atoms with E-state index in [2.05, 4.69) is 20.2 Å². The molecule has 2 N–H and O–H groups in total. The number of ether oxygens (including phenoxy) is 1. The average molecular weight is 418 g/mol. The van der Waals surface area contributed by atoms with E-state index in [-0.39, 0.29) is 11.5 Å². The van der Waals surface area contributed by atoms with Crippen molar-refractivity contribution < 1.29 is 32.6 Å². The summed E-state index contributed by atoms with van der Waals surface area (Å²) in [7, 11) is 1.69. The van der Waals surface area contributed by atoms with Crippen LogP contribution in [0.25, 0.3) is 0 Å². The van der Waals surface area contributed by atoms with Gasteiger partial charge >= 0.3 is 12.1 Å². The van der Waals surface area contributed by atoms with Crippen molar-refractivity contribution in [1.29, 1.82) is 0 Å². The number of hydrogen-bond acceptors (Lipinski definition) is 6. The number of piperidine rings is 1. The van der Waals surface area contributed by atoms with E-state index in [9.17, 15) is 18.0 Å². The topological polar surface area (TPSA) is 105 Å². The Bertz CT molecular complexity index is 704. The van der Waals surface area contributed by atoms with Crippen LogP contribution in [-0.2, 0) is 14.3 Å². The van der Waals surface area contributed by atoms with Crippen LogP contribution in [0.2, 0.25) is 0 Å². The van der Waals surface area contributed by atoms with Crippen LogP contribution in [0.5, 0.6) is 0 Å². The van der Waals surface area contributed by atoms with E-state index >= 15 is 0 Å². The number of aliphatic carboxylic acids is 1. The highest BCUT2D eigenvalue weighted by Gasteiger charge is 2.43. The van der Waals surface area contributed by atoms with Gasteiger partial charge in [-0.25, -0.2) is 14.8 Å². The molecule has 0 aliphatic carbocycles. The summed E-state index contributed by atoms with van der Waals surface area (Å²) in [4.78, 5) is 31.4. The molecular formula is C18H25F3N4O4. The second kappa shape index (κ2) is 9.38. The monoisotopic (exact) mass is 418 g/mol. The summed E-state index contributed by atoms with van der Waals surface area (Å²) >= 11 is 0. The highest BCUT2D eigenvalue weighted by Crippen LogP contribution is 2.40. The minimum absolute atomic E-state index is 0.0418. The Hall–Kier alpha value is -2.43. The third-order valence-electron chi connectivity index (χ3n) is 5.01. The fourth-order valence-corrected chi connectivity index (χ4v) is 3.45. The normalized spacial score (nSPS) is 20.7. The average Bonchev–Trinajstić information content (AvgIpc) is 3.05. The molecule has 1 amide bonds. The summed E-state index contributed by atoms with van der Waals surface area (Å²) in [6.45, 7) is 4.52. The minimum atomic E-state index is -5.08. The Kier molecular flexibility index (Phi) is 7.39. The number of carbonyl (C=O) groups excluding carboxylic acids is 1. The smallest absolute Gasteiger partial charge is 0.475 e. The number of carbonyl (C=O) groups is 2. The van der Waals surface area contributed by atoms with E-state index in [1.807, 2.05) is 19.3 Å². The predicted molar refractivity (Wildman–Crippen MR) is 97.4 cm³/mol. The number of aromatic nitrogens is 2. The van der Waals surface area contributed by atoms with Gasteiger partial charge in [0.25, 0.3) is 0 Å². The molecule has 1 unspecified atom stereocenters. The van der Waals surface area contributed by atoms with Crippen molar-refractivity contribution in [1.82, 2.24) is 15.3 Å². The zero-order valence-electron chi connectivity index (χ0n) is 16.3. The highest BCUT2D eigenvalue weighted by atomic mass is 19.4.